The van der Waals surface area contributed by atoms with Crippen LogP contribution in [-0.2, 0) is 19.1 Å². The van der Waals surface area contributed by atoms with Gasteiger partial charge in [-0.3, -0.25) is 4.79 Å². The van der Waals surface area contributed by atoms with Crippen LogP contribution in [0.1, 0.15) is 17.0 Å². The van der Waals surface area contributed by atoms with Gasteiger partial charge in [-0.25, -0.2) is 18.4 Å². The first-order valence-corrected chi connectivity index (χ1v) is 10.8. The Morgan fingerprint density at radius 3 is 2.18 bits per heavy atom. The zero-order valence-corrected chi connectivity index (χ0v) is 18.3. The first-order chi connectivity index (χ1) is 16.3. The Hall–Kier alpha value is -3.53. The highest BCUT2D eigenvalue weighted by molar-refractivity contribution is 5.84. The van der Waals surface area contributed by atoms with Crippen LogP contribution in [0.4, 0.5) is 13.6 Å². The van der Waals surface area contributed by atoms with Gasteiger partial charge in [0.15, 0.2) is 6.10 Å². The fraction of sp³-hybridized carbons (Fsp3) is 0.375. The third-order valence-electron chi connectivity index (χ3n) is 6.32. The van der Waals surface area contributed by atoms with E-state index in [1.165, 1.54) is 0 Å². The molecule has 2 aliphatic carbocycles. The van der Waals surface area contributed by atoms with E-state index in [2.05, 4.69) is 15.4 Å². The van der Waals surface area contributed by atoms with Crippen molar-refractivity contribution in [2.45, 2.75) is 17.9 Å². The molecule has 0 aliphatic heterocycles. The van der Waals surface area contributed by atoms with Gasteiger partial charge in [0.2, 0.25) is 5.91 Å². The first kappa shape index (κ1) is 23.6. The van der Waals surface area contributed by atoms with Crippen LogP contribution in [-0.4, -0.2) is 61.9 Å². The smallest absolute Gasteiger partial charge is 0.407 e. The number of aliphatic carboxylic acids is 1. The molecule has 1 fully saturated rings. The predicted octanol–water partition coefficient (Wildman–Crippen LogP) is 2.62. The van der Waals surface area contributed by atoms with Crippen LogP contribution in [0, 0.1) is 11.8 Å². The largest absolute Gasteiger partial charge is 0.479 e. The number of carboxylic acid groups (broad SMARTS) is 1. The van der Waals surface area contributed by atoms with Gasteiger partial charge in [-0.1, -0.05) is 48.5 Å². The number of ether oxygens (including phenoxy) is 2. The zero-order chi connectivity index (χ0) is 24.5. The second-order valence-corrected chi connectivity index (χ2v) is 8.27. The fourth-order valence-electron chi connectivity index (χ4n) is 4.42. The number of halogens is 2. The van der Waals surface area contributed by atoms with Gasteiger partial charge in [0, 0.05) is 19.6 Å². The number of methoxy groups -OCH3 is 1. The van der Waals surface area contributed by atoms with Crippen molar-refractivity contribution in [3.05, 3.63) is 59.7 Å². The summed E-state index contributed by atoms with van der Waals surface area (Å²) in [5.74, 6) is -8.85. The van der Waals surface area contributed by atoms with Crippen molar-refractivity contribution in [3.63, 3.8) is 0 Å². The maximum atomic E-state index is 14.1. The standard InChI is InChI=1S/C24H24F2N2O6/c1-33-19(22(30)31)11-27-21(29)20-18(24(20,25)26)10-28-23(32)34-12-17-15-8-4-2-6-13(15)14-7-3-5-9-16(14)17/h2-9,17-20H,10-12H2,1H3,(H,27,29)(H,28,32)(H,30,31). The minimum absolute atomic E-state index is 0.0401. The van der Waals surface area contributed by atoms with Crippen LogP contribution < -0.4 is 10.6 Å². The Morgan fingerprint density at radius 2 is 1.62 bits per heavy atom. The molecule has 0 bridgehead atoms. The topological polar surface area (TPSA) is 114 Å². The van der Waals surface area contributed by atoms with E-state index < -0.39 is 54.9 Å². The molecule has 0 heterocycles. The lowest BCUT2D eigenvalue weighted by Gasteiger charge is -2.14. The third kappa shape index (κ3) is 4.45. The summed E-state index contributed by atoms with van der Waals surface area (Å²) < 4.78 is 38.2. The van der Waals surface area contributed by atoms with E-state index in [4.69, 9.17) is 9.84 Å². The van der Waals surface area contributed by atoms with Crippen molar-refractivity contribution in [2.24, 2.45) is 11.8 Å². The number of carbonyl (C=O) groups excluding carboxylic acids is 2. The summed E-state index contributed by atoms with van der Waals surface area (Å²) in [6.07, 6.45) is -2.19. The molecule has 0 aromatic heterocycles. The highest BCUT2D eigenvalue weighted by atomic mass is 19.3. The second-order valence-electron chi connectivity index (χ2n) is 8.27. The highest BCUT2D eigenvalue weighted by Gasteiger charge is 2.71. The van der Waals surface area contributed by atoms with Crippen LogP contribution in [0.15, 0.2) is 48.5 Å². The summed E-state index contributed by atoms with van der Waals surface area (Å²) in [7, 11) is 1.14. The van der Waals surface area contributed by atoms with Crippen molar-refractivity contribution < 1.29 is 37.7 Å². The maximum absolute atomic E-state index is 14.1. The normalized spacial score (nSPS) is 20.6. The highest BCUT2D eigenvalue weighted by Crippen LogP contribution is 2.55. The Bertz CT molecular complexity index is 1060. The van der Waals surface area contributed by atoms with E-state index in [0.717, 1.165) is 29.4 Å². The molecule has 3 unspecified atom stereocenters. The van der Waals surface area contributed by atoms with Gasteiger partial charge in [0.1, 0.15) is 12.5 Å². The minimum Gasteiger partial charge on any atom is -0.479 e. The number of carbonyl (C=O) groups is 3. The van der Waals surface area contributed by atoms with E-state index in [1.807, 2.05) is 48.5 Å². The van der Waals surface area contributed by atoms with E-state index in [-0.39, 0.29) is 12.5 Å². The van der Waals surface area contributed by atoms with Crippen LogP contribution in [0.25, 0.3) is 11.1 Å². The quantitative estimate of drug-likeness (QED) is 0.515. The number of benzene rings is 2. The van der Waals surface area contributed by atoms with Gasteiger partial charge in [0.05, 0.1) is 12.5 Å². The molecule has 4 rings (SSSR count). The number of hydrogen-bond donors (Lipinski definition) is 3. The molecular formula is C24H24F2N2O6. The van der Waals surface area contributed by atoms with Crippen molar-refractivity contribution in [2.75, 3.05) is 26.8 Å². The van der Waals surface area contributed by atoms with Gasteiger partial charge >= 0.3 is 12.1 Å². The molecule has 8 nitrogen and oxygen atoms in total. The zero-order valence-electron chi connectivity index (χ0n) is 18.3. The molecule has 2 amide bonds. The number of alkyl halides is 2. The number of rotatable bonds is 9. The molecule has 3 N–H and O–H groups in total. The molecule has 0 saturated heterocycles. The Morgan fingerprint density at radius 1 is 1.03 bits per heavy atom. The molecule has 1 saturated carbocycles. The number of alkyl carbamates (subject to hydrolysis) is 1. The minimum atomic E-state index is -3.31. The summed E-state index contributed by atoms with van der Waals surface area (Å²) in [4.78, 5) is 35.2. The molecule has 2 aromatic carbocycles. The molecule has 10 heteroatoms. The maximum Gasteiger partial charge on any atom is 0.407 e. The Labute approximate surface area is 194 Å². The molecule has 2 aromatic rings. The first-order valence-electron chi connectivity index (χ1n) is 10.8. The summed E-state index contributed by atoms with van der Waals surface area (Å²) >= 11 is 0. The van der Waals surface area contributed by atoms with E-state index in [0.29, 0.717) is 0 Å². The molecule has 2 aliphatic rings. The molecule has 0 spiro atoms. The van der Waals surface area contributed by atoms with E-state index in [9.17, 15) is 23.2 Å². The van der Waals surface area contributed by atoms with Gasteiger partial charge in [-0.2, -0.15) is 0 Å². The second kappa shape index (κ2) is 9.38. The number of fused-ring (bicyclic) bond motifs is 3. The summed E-state index contributed by atoms with van der Waals surface area (Å²) in [5, 5.41) is 13.4. The summed E-state index contributed by atoms with van der Waals surface area (Å²) in [6, 6.07) is 15.6. The molecule has 34 heavy (non-hydrogen) atoms. The number of nitrogens with one attached hydrogen (secondary N) is 2. The average Bonchev–Trinajstić information content (AvgIpc) is 3.22. The summed E-state index contributed by atoms with van der Waals surface area (Å²) in [5.41, 5.74) is 4.18. The van der Waals surface area contributed by atoms with Gasteiger partial charge in [0.25, 0.3) is 5.92 Å². The lowest BCUT2D eigenvalue weighted by Crippen LogP contribution is -2.39. The lowest BCUT2D eigenvalue weighted by molar-refractivity contribution is -0.148. The SMILES string of the molecule is COC(CNC(=O)C1C(CNC(=O)OCC2c3ccccc3-c3ccccc32)C1(F)F)C(=O)O. The van der Waals surface area contributed by atoms with Crippen molar-refractivity contribution in [1.29, 1.82) is 0 Å². The van der Waals surface area contributed by atoms with Crippen molar-refractivity contribution in [3.8, 4) is 11.1 Å². The number of amides is 2. The fourth-order valence-corrected chi connectivity index (χ4v) is 4.42. The molecule has 0 radical (unpaired) electrons. The van der Waals surface area contributed by atoms with E-state index >= 15 is 0 Å². The molecule has 180 valence electrons. The van der Waals surface area contributed by atoms with Gasteiger partial charge in [-0.05, 0) is 22.3 Å². The third-order valence-corrected chi connectivity index (χ3v) is 6.32. The van der Waals surface area contributed by atoms with Crippen LogP contribution in [0.3, 0.4) is 0 Å². The Kier molecular flexibility index (Phi) is 6.52. The number of hydrogen-bond acceptors (Lipinski definition) is 5. The average molecular weight is 474 g/mol. The Balaban J connectivity index is 1.29. The van der Waals surface area contributed by atoms with Crippen LogP contribution >= 0.6 is 0 Å². The molecular weight excluding hydrogens is 450 g/mol. The predicted molar refractivity (Wildman–Crippen MR) is 116 cm³/mol. The van der Waals surface area contributed by atoms with Crippen molar-refractivity contribution in [1.82, 2.24) is 10.6 Å². The monoisotopic (exact) mass is 474 g/mol. The van der Waals surface area contributed by atoms with Crippen LogP contribution in [0.5, 0.6) is 0 Å². The van der Waals surface area contributed by atoms with E-state index in [1.54, 1.807) is 0 Å². The number of carboxylic acids is 1. The lowest BCUT2D eigenvalue weighted by atomic mass is 9.98. The van der Waals surface area contributed by atoms with Crippen LogP contribution in [0.2, 0.25) is 0 Å². The van der Waals surface area contributed by atoms with Gasteiger partial charge in [-0.15, -0.1) is 0 Å². The van der Waals surface area contributed by atoms with Gasteiger partial charge < -0.3 is 25.2 Å². The van der Waals surface area contributed by atoms with Crippen molar-refractivity contribution >= 4 is 18.0 Å². The molecule has 3 atom stereocenters. The summed E-state index contributed by atoms with van der Waals surface area (Å²) in [6.45, 7) is -0.851.